The number of nitrogens with zero attached hydrogens (tertiary/aromatic N) is 1. The lowest BCUT2D eigenvalue weighted by atomic mass is 10.1. The number of piperidine rings is 1. The van der Waals surface area contributed by atoms with Crippen LogP contribution in [0.15, 0.2) is 24.3 Å². The molecule has 0 aliphatic carbocycles. The molecule has 0 atom stereocenters. The first-order valence-electron chi connectivity index (χ1n) is 6.64. The van der Waals surface area contributed by atoms with Crippen molar-refractivity contribution in [1.82, 2.24) is 4.90 Å². The Kier molecular flexibility index (Phi) is 4.59. The molecule has 0 saturated carbocycles. The van der Waals surface area contributed by atoms with Gasteiger partial charge in [0, 0.05) is 18.8 Å². The molecule has 0 bridgehead atoms. The lowest BCUT2D eigenvalue weighted by molar-refractivity contribution is 0.200. The topological polar surface area (TPSA) is 58.4 Å². The average Bonchev–Trinajstić information content (AvgIpc) is 2.42. The predicted octanol–water partition coefficient (Wildman–Crippen LogP) is 2.21. The van der Waals surface area contributed by atoms with E-state index in [0.29, 0.717) is 6.54 Å². The van der Waals surface area contributed by atoms with Gasteiger partial charge in [-0.05, 0) is 49.9 Å². The van der Waals surface area contributed by atoms with E-state index in [1.807, 2.05) is 29.2 Å². The molecule has 0 aromatic heterocycles. The lowest BCUT2D eigenvalue weighted by Gasteiger charge is -2.26. The molecule has 2 amide bonds. The van der Waals surface area contributed by atoms with Gasteiger partial charge in [0.25, 0.3) is 0 Å². The van der Waals surface area contributed by atoms with Gasteiger partial charge in [0.15, 0.2) is 0 Å². The Balaban J connectivity index is 1.89. The van der Waals surface area contributed by atoms with Crippen molar-refractivity contribution in [3.05, 3.63) is 29.8 Å². The number of likely N-dealkylation sites (tertiary alicyclic amines) is 1. The summed E-state index contributed by atoms with van der Waals surface area (Å²) in [6.45, 7) is 2.40. The standard InChI is InChI=1S/C14H21N3O/c15-9-8-12-4-6-13(7-5-12)16-14(18)17-10-2-1-3-11-17/h4-7H,1-3,8-11,15H2,(H,16,18). The van der Waals surface area contributed by atoms with Gasteiger partial charge in [-0.2, -0.15) is 0 Å². The number of amides is 2. The summed E-state index contributed by atoms with van der Waals surface area (Å²) in [4.78, 5) is 13.9. The number of benzene rings is 1. The molecular weight excluding hydrogens is 226 g/mol. The van der Waals surface area contributed by atoms with Crippen molar-refractivity contribution in [3.8, 4) is 0 Å². The van der Waals surface area contributed by atoms with Crippen LogP contribution < -0.4 is 11.1 Å². The minimum Gasteiger partial charge on any atom is -0.330 e. The third-order valence-corrected chi connectivity index (χ3v) is 3.28. The van der Waals surface area contributed by atoms with E-state index in [2.05, 4.69) is 5.32 Å². The van der Waals surface area contributed by atoms with Crippen LogP contribution in [0.3, 0.4) is 0 Å². The van der Waals surface area contributed by atoms with Gasteiger partial charge >= 0.3 is 6.03 Å². The van der Waals surface area contributed by atoms with Crippen LogP contribution in [0.5, 0.6) is 0 Å². The summed E-state index contributed by atoms with van der Waals surface area (Å²) in [5.41, 5.74) is 7.56. The van der Waals surface area contributed by atoms with Crippen LogP contribution in [-0.2, 0) is 6.42 Å². The molecule has 98 valence electrons. The first kappa shape index (κ1) is 12.9. The number of nitrogens with two attached hydrogens (primary N) is 1. The molecule has 1 aliphatic heterocycles. The number of anilines is 1. The maximum atomic E-state index is 12.0. The molecule has 1 heterocycles. The van der Waals surface area contributed by atoms with Crippen LogP contribution in [0.2, 0.25) is 0 Å². The molecule has 1 saturated heterocycles. The Hall–Kier alpha value is -1.55. The Morgan fingerprint density at radius 2 is 1.83 bits per heavy atom. The maximum Gasteiger partial charge on any atom is 0.321 e. The SMILES string of the molecule is NCCc1ccc(NC(=O)N2CCCCC2)cc1. The first-order valence-corrected chi connectivity index (χ1v) is 6.64. The highest BCUT2D eigenvalue weighted by Gasteiger charge is 2.15. The van der Waals surface area contributed by atoms with Crippen molar-refractivity contribution in [2.45, 2.75) is 25.7 Å². The first-order chi connectivity index (χ1) is 8.79. The number of carbonyl (C=O) groups is 1. The highest BCUT2D eigenvalue weighted by Crippen LogP contribution is 2.13. The molecule has 2 rings (SSSR count). The highest BCUT2D eigenvalue weighted by atomic mass is 16.2. The van der Waals surface area contributed by atoms with Crippen LogP contribution in [0, 0.1) is 0 Å². The van der Waals surface area contributed by atoms with E-state index < -0.39 is 0 Å². The number of hydrogen-bond acceptors (Lipinski definition) is 2. The van der Waals surface area contributed by atoms with Crippen LogP contribution >= 0.6 is 0 Å². The molecule has 4 nitrogen and oxygen atoms in total. The van der Waals surface area contributed by atoms with Crippen LogP contribution in [0.1, 0.15) is 24.8 Å². The quantitative estimate of drug-likeness (QED) is 0.860. The average molecular weight is 247 g/mol. The van der Waals surface area contributed by atoms with Crippen molar-refractivity contribution in [2.75, 3.05) is 25.0 Å². The van der Waals surface area contributed by atoms with E-state index >= 15 is 0 Å². The number of rotatable bonds is 3. The molecule has 1 aromatic carbocycles. The van der Waals surface area contributed by atoms with E-state index in [1.165, 1.54) is 12.0 Å². The third-order valence-electron chi connectivity index (χ3n) is 3.28. The van der Waals surface area contributed by atoms with Gasteiger partial charge < -0.3 is 16.0 Å². The van der Waals surface area contributed by atoms with Gasteiger partial charge in [0.05, 0.1) is 0 Å². The molecule has 0 radical (unpaired) electrons. The summed E-state index contributed by atoms with van der Waals surface area (Å²) < 4.78 is 0. The third kappa shape index (κ3) is 3.47. The smallest absolute Gasteiger partial charge is 0.321 e. The highest BCUT2D eigenvalue weighted by molar-refractivity contribution is 5.89. The van der Waals surface area contributed by atoms with E-state index in [9.17, 15) is 4.79 Å². The fraction of sp³-hybridized carbons (Fsp3) is 0.500. The Morgan fingerprint density at radius 3 is 2.44 bits per heavy atom. The summed E-state index contributed by atoms with van der Waals surface area (Å²) in [6, 6.07) is 7.91. The van der Waals surface area contributed by atoms with Gasteiger partial charge in [0.2, 0.25) is 0 Å². The summed E-state index contributed by atoms with van der Waals surface area (Å²) in [6.07, 6.45) is 4.34. The monoisotopic (exact) mass is 247 g/mol. The minimum atomic E-state index is 0.0151. The van der Waals surface area contributed by atoms with Crippen LogP contribution in [0.4, 0.5) is 10.5 Å². The number of nitrogens with one attached hydrogen (secondary N) is 1. The molecule has 18 heavy (non-hydrogen) atoms. The van der Waals surface area contributed by atoms with Gasteiger partial charge in [-0.25, -0.2) is 4.79 Å². The van der Waals surface area contributed by atoms with Crippen molar-refractivity contribution in [1.29, 1.82) is 0 Å². The molecular formula is C14H21N3O. The van der Waals surface area contributed by atoms with E-state index in [1.54, 1.807) is 0 Å². The summed E-state index contributed by atoms with van der Waals surface area (Å²) >= 11 is 0. The van der Waals surface area contributed by atoms with Gasteiger partial charge in [-0.3, -0.25) is 0 Å². The zero-order valence-electron chi connectivity index (χ0n) is 10.7. The van der Waals surface area contributed by atoms with Crippen LogP contribution in [-0.4, -0.2) is 30.6 Å². The predicted molar refractivity (Wildman–Crippen MR) is 73.6 cm³/mol. The molecule has 4 heteroatoms. The summed E-state index contributed by atoms with van der Waals surface area (Å²) in [7, 11) is 0. The largest absolute Gasteiger partial charge is 0.330 e. The van der Waals surface area contributed by atoms with Crippen molar-refractivity contribution in [2.24, 2.45) is 5.73 Å². The zero-order valence-corrected chi connectivity index (χ0v) is 10.7. The Morgan fingerprint density at radius 1 is 1.17 bits per heavy atom. The maximum absolute atomic E-state index is 12.0. The van der Waals surface area contributed by atoms with Gasteiger partial charge in [0.1, 0.15) is 0 Å². The fourth-order valence-corrected chi connectivity index (χ4v) is 2.22. The van der Waals surface area contributed by atoms with Crippen LogP contribution in [0.25, 0.3) is 0 Å². The van der Waals surface area contributed by atoms with E-state index in [0.717, 1.165) is 38.0 Å². The van der Waals surface area contributed by atoms with Crippen molar-refractivity contribution < 1.29 is 4.79 Å². The molecule has 0 spiro atoms. The molecule has 1 fully saturated rings. The second-order valence-electron chi connectivity index (χ2n) is 4.71. The Bertz CT molecular complexity index is 383. The van der Waals surface area contributed by atoms with Gasteiger partial charge in [-0.15, -0.1) is 0 Å². The molecule has 1 aromatic rings. The van der Waals surface area contributed by atoms with Crippen molar-refractivity contribution in [3.63, 3.8) is 0 Å². The van der Waals surface area contributed by atoms with Crippen molar-refractivity contribution >= 4 is 11.7 Å². The van der Waals surface area contributed by atoms with E-state index in [4.69, 9.17) is 5.73 Å². The fourth-order valence-electron chi connectivity index (χ4n) is 2.22. The lowest BCUT2D eigenvalue weighted by Crippen LogP contribution is -2.38. The van der Waals surface area contributed by atoms with Gasteiger partial charge in [-0.1, -0.05) is 12.1 Å². The minimum absolute atomic E-state index is 0.0151. The van der Waals surface area contributed by atoms with E-state index in [-0.39, 0.29) is 6.03 Å². The number of urea groups is 1. The Labute approximate surface area is 108 Å². The summed E-state index contributed by atoms with van der Waals surface area (Å²) in [5.74, 6) is 0. The summed E-state index contributed by atoms with van der Waals surface area (Å²) in [5, 5.41) is 2.94. The number of hydrogen-bond donors (Lipinski definition) is 2. The zero-order chi connectivity index (χ0) is 12.8. The second kappa shape index (κ2) is 6.40. The molecule has 0 unspecified atom stereocenters. The second-order valence-corrected chi connectivity index (χ2v) is 4.71. The molecule has 3 N–H and O–H groups in total. The molecule has 1 aliphatic rings. The number of carbonyl (C=O) groups excluding carboxylic acids is 1. The normalized spacial score (nSPS) is 15.5.